The fourth-order valence-corrected chi connectivity index (χ4v) is 9.05. The number of imidazole rings is 1. The fraction of sp³-hybridized carbons (Fsp3) is 0.621. The molecule has 1 saturated heterocycles. The van der Waals surface area contributed by atoms with Gasteiger partial charge in [-0.15, -0.1) is 0 Å². The van der Waals surface area contributed by atoms with Crippen molar-refractivity contribution in [3.63, 3.8) is 0 Å². The van der Waals surface area contributed by atoms with E-state index in [-0.39, 0.29) is 22.3 Å². The number of nitrogens with zero attached hydrogens (tertiary/aromatic N) is 5. The van der Waals surface area contributed by atoms with E-state index in [1.165, 1.54) is 12.4 Å². The SMILES string of the molecule is CC(C)(C)[Si](C)(C)OC[C@H]1O[C@@H](n2cnc3c(NCc4ccccc4[N+](=O)[O-])ncnc32)C[C@@]1(O)[Si](C)(C)C(C)(C)C. The molecule has 0 unspecified atom stereocenters. The Morgan fingerprint density at radius 1 is 1.12 bits per heavy atom. The van der Waals surface area contributed by atoms with E-state index < -0.39 is 38.9 Å². The predicted molar refractivity (Wildman–Crippen MR) is 170 cm³/mol. The average molecular weight is 615 g/mol. The summed E-state index contributed by atoms with van der Waals surface area (Å²) in [5, 5.41) is 26.1. The van der Waals surface area contributed by atoms with Gasteiger partial charge in [-0.1, -0.05) is 72.8 Å². The molecule has 0 saturated carbocycles. The van der Waals surface area contributed by atoms with Gasteiger partial charge in [0.05, 0.1) is 31.2 Å². The highest BCUT2D eigenvalue weighted by molar-refractivity contribution is 6.83. The molecule has 230 valence electrons. The summed E-state index contributed by atoms with van der Waals surface area (Å²) in [6.45, 7) is 22.6. The van der Waals surface area contributed by atoms with E-state index in [4.69, 9.17) is 9.16 Å². The molecule has 0 radical (unpaired) electrons. The van der Waals surface area contributed by atoms with Crippen LogP contribution in [0.1, 0.15) is 59.8 Å². The number of fused-ring (bicyclic) bond motifs is 1. The maximum atomic E-state index is 12.5. The third-order valence-corrected chi connectivity index (χ3v) is 20.9. The number of nitro benzene ring substituents is 1. The molecule has 0 spiro atoms. The second kappa shape index (κ2) is 11.1. The molecule has 0 bridgehead atoms. The fourth-order valence-electron chi connectivity index (χ4n) is 5.11. The monoisotopic (exact) mass is 614 g/mol. The summed E-state index contributed by atoms with van der Waals surface area (Å²) in [5.41, 5.74) is 1.66. The van der Waals surface area contributed by atoms with Crippen LogP contribution in [0.4, 0.5) is 11.5 Å². The van der Waals surface area contributed by atoms with E-state index in [0.717, 1.165) is 0 Å². The molecule has 3 atom stereocenters. The third kappa shape index (κ3) is 5.76. The Balaban J connectivity index is 1.65. The van der Waals surface area contributed by atoms with Gasteiger partial charge in [-0.3, -0.25) is 14.7 Å². The largest absolute Gasteiger partial charge is 0.414 e. The van der Waals surface area contributed by atoms with E-state index in [9.17, 15) is 15.2 Å². The number of benzene rings is 1. The number of aromatic nitrogens is 4. The normalized spacial score (nSPS) is 22.1. The van der Waals surface area contributed by atoms with Crippen molar-refractivity contribution in [3.8, 4) is 0 Å². The van der Waals surface area contributed by atoms with Crippen LogP contribution in [-0.4, -0.2) is 63.9 Å². The van der Waals surface area contributed by atoms with Crippen LogP contribution in [0.15, 0.2) is 36.9 Å². The molecule has 4 rings (SSSR count). The minimum atomic E-state index is -2.37. The molecular formula is C29H46N6O5Si2. The number of para-hydroxylation sites is 1. The number of rotatable bonds is 9. The maximum absolute atomic E-state index is 12.5. The predicted octanol–water partition coefficient (Wildman–Crippen LogP) is 6.43. The molecule has 0 aliphatic carbocycles. The van der Waals surface area contributed by atoms with Gasteiger partial charge in [0.2, 0.25) is 0 Å². The summed E-state index contributed by atoms with van der Waals surface area (Å²) in [4.78, 5) is 24.5. The Morgan fingerprint density at radius 2 is 1.79 bits per heavy atom. The van der Waals surface area contributed by atoms with Crippen molar-refractivity contribution >= 4 is 39.1 Å². The first-order valence-electron chi connectivity index (χ1n) is 14.5. The minimum Gasteiger partial charge on any atom is -0.414 e. The molecule has 0 amide bonds. The van der Waals surface area contributed by atoms with Gasteiger partial charge >= 0.3 is 0 Å². The number of aliphatic hydroxyl groups is 1. The molecule has 42 heavy (non-hydrogen) atoms. The smallest absolute Gasteiger partial charge is 0.274 e. The molecule has 3 aromatic rings. The number of hydrogen-bond donors (Lipinski definition) is 2. The van der Waals surface area contributed by atoms with Gasteiger partial charge in [-0.25, -0.2) is 15.0 Å². The lowest BCUT2D eigenvalue weighted by Gasteiger charge is -2.49. The maximum Gasteiger partial charge on any atom is 0.274 e. The Bertz CT molecular complexity index is 1450. The Morgan fingerprint density at radius 3 is 2.40 bits per heavy atom. The lowest BCUT2D eigenvalue weighted by atomic mass is 10.1. The number of nitrogens with one attached hydrogen (secondary N) is 1. The molecule has 2 N–H and O–H groups in total. The standard InChI is InChI=1S/C29H46N6O5Si2/c1-27(2,3)41(7,8)29(36)15-23(40-22(29)17-39-42(9,10)28(4,5)6)34-19-33-24-25(31-18-32-26(24)34)30-16-20-13-11-12-14-21(20)35(37)38/h11-14,18-19,22-23,36H,15-17H2,1-10H3,(H,30,31,32)/t22-,23-,29-/m1/s1. The zero-order chi connectivity index (χ0) is 31.3. The van der Waals surface area contributed by atoms with Crippen LogP contribution in [0.2, 0.25) is 36.3 Å². The summed E-state index contributed by atoms with van der Waals surface area (Å²) in [7, 11) is -4.46. The van der Waals surface area contributed by atoms with E-state index in [2.05, 4.69) is 88.0 Å². The van der Waals surface area contributed by atoms with E-state index in [1.807, 2.05) is 4.57 Å². The van der Waals surface area contributed by atoms with Gasteiger partial charge in [0.15, 0.2) is 25.3 Å². The van der Waals surface area contributed by atoms with E-state index in [1.54, 1.807) is 24.5 Å². The number of nitro groups is 1. The van der Waals surface area contributed by atoms with E-state index >= 15 is 0 Å². The lowest BCUT2D eigenvalue weighted by Crippen LogP contribution is -2.65. The van der Waals surface area contributed by atoms with Gasteiger partial charge in [0.25, 0.3) is 5.69 Å². The van der Waals surface area contributed by atoms with Crippen LogP contribution in [0, 0.1) is 10.1 Å². The zero-order valence-corrected chi connectivity index (χ0v) is 28.6. The Hall–Kier alpha value is -2.72. The second-order valence-corrected chi connectivity index (χ2v) is 24.9. The van der Waals surface area contributed by atoms with Crippen molar-refractivity contribution in [1.29, 1.82) is 0 Å². The molecule has 13 heteroatoms. The van der Waals surface area contributed by atoms with Crippen molar-refractivity contribution in [2.75, 3.05) is 11.9 Å². The van der Waals surface area contributed by atoms with Gasteiger partial charge in [0, 0.05) is 24.6 Å². The second-order valence-electron chi connectivity index (χ2n) is 14.4. The highest BCUT2D eigenvalue weighted by Gasteiger charge is 2.62. The molecule has 1 aliphatic heterocycles. The highest BCUT2D eigenvalue weighted by Crippen LogP contribution is 2.52. The van der Waals surface area contributed by atoms with Gasteiger partial charge < -0.3 is 19.6 Å². The topological polar surface area (TPSA) is 137 Å². The molecule has 1 aliphatic rings. The average Bonchev–Trinajstić information content (AvgIpc) is 3.47. The summed E-state index contributed by atoms with van der Waals surface area (Å²) in [6.07, 6.45) is 2.50. The minimum absolute atomic E-state index is 0.0289. The molecule has 3 heterocycles. The van der Waals surface area contributed by atoms with Crippen molar-refractivity contribution in [1.82, 2.24) is 19.5 Å². The molecule has 1 aromatic carbocycles. The van der Waals surface area contributed by atoms with Gasteiger partial charge in [-0.05, 0) is 23.2 Å². The van der Waals surface area contributed by atoms with Crippen LogP contribution < -0.4 is 5.32 Å². The molecule has 11 nitrogen and oxygen atoms in total. The molecule has 2 aromatic heterocycles. The van der Waals surface area contributed by atoms with Crippen molar-refractivity contribution in [2.24, 2.45) is 0 Å². The van der Waals surface area contributed by atoms with Crippen LogP contribution in [0.5, 0.6) is 0 Å². The quantitative estimate of drug-likeness (QED) is 0.158. The van der Waals surface area contributed by atoms with Gasteiger partial charge in [-0.2, -0.15) is 0 Å². The Labute approximate surface area is 250 Å². The summed E-state index contributed by atoms with van der Waals surface area (Å²) in [6, 6.07) is 6.60. The van der Waals surface area contributed by atoms with Gasteiger partial charge in [0.1, 0.15) is 18.7 Å². The van der Waals surface area contributed by atoms with Crippen LogP contribution >= 0.6 is 0 Å². The summed E-state index contributed by atoms with van der Waals surface area (Å²) < 4.78 is 15.2. The number of anilines is 1. The first-order chi connectivity index (χ1) is 19.3. The molecular weight excluding hydrogens is 569 g/mol. The third-order valence-electron chi connectivity index (χ3n) is 10.0. The number of hydrogen-bond acceptors (Lipinski definition) is 9. The zero-order valence-electron chi connectivity index (χ0n) is 26.6. The molecule has 1 fully saturated rings. The van der Waals surface area contributed by atoms with Crippen LogP contribution in [0.25, 0.3) is 11.2 Å². The summed E-state index contributed by atoms with van der Waals surface area (Å²) >= 11 is 0. The first-order valence-corrected chi connectivity index (χ1v) is 20.4. The lowest BCUT2D eigenvalue weighted by molar-refractivity contribution is -0.385. The number of ether oxygens (including phenoxy) is 1. The summed E-state index contributed by atoms with van der Waals surface area (Å²) in [5.74, 6) is 0.465. The van der Waals surface area contributed by atoms with Crippen LogP contribution in [-0.2, 0) is 15.7 Å². The van der Waals surface area contributed by atoms with Crippen LogP contribution in [0.3, 0.4) is 0 Å². The van der Waals surface area contributed by atoms with E-state index in [0.29, 0.717) is 35.6 Å². The van der Waals surface area contributed by atoms with Crippen molar-refractivity contribution < 1.29 is 19.2 Å². The Kier molecular flexibility index (Phi) is 8.50. The first kappa shape index (κ1) is 32.2. The van der Waals surface area contributed by atoms with Crippen molar-refractivity contribution in [3.05, 3.63) is 52.6 Å². The van der Waals surface area contributed by atoms with Crippen molar-refractivity contribution in [2.45, 2.75) is 108 Å². The highest BCUT2D eigenvalue weighted by atomic mass is 28.4.